The maximum Gasteiger partial charge on any atom is 0.0680 e. The van der Waals surface area contributed by atoms with Crippen LogP contribution in [0.15, 0.2) is 0 Å². The van der Waals surface area contributed by atoms with E-state index in [4.69, 9.17) is 9.90 Å². The molecular weight excluding hydrogens is 597 g/mol. The minimum absolute atomic E-state index is 0. The quantitative estimate of drug-likeness (QED) is 0.174. The van der Waals surface area contributed by atoms with Crippen LogP contribution in [0.25, 0.3) is 0 Å². The minimum atomic E-state index is -0.0465. The molecule has 0 heterocycles. The second kappa shape index (κ2) is 22.4. The topological polar surface area (TPSA) is 37.3 Å². The number of hydrogen-bond donors (Lipinski definition) is 1. The van der Waals surface area contributed by atoms with Gasteiger partial charge in [0.15, 0.2) is 0 Å². The third kappa shape index (κ3) is 12.2. The van der Waals surface area contributed by atoms with E-state index in [1.807, 2.05) is 0 Å². The molecule has 0 aromatic rings. The van der Waals surface area contributed by atoms with Gasteiger partial charge in [-0.15, -0.1) is 0 Å². The molecule has 0 unspecified atom stereocenters. The zero-order chi connectivity index (χ0) is 28.5. The Morgan fingerprint density at radius 3 is 0.571 bits per heavy atom. The van der Waals surface area contributed by atoms with Gasteiger partial charge in [-0.3, -0.25) is 0 Å². The summed E-state index contributed by atoms with van der Waals surface area (Å²) in [4.78, 5) is 8.24. The maximum atomic E-state index is 8.24. The van der Waals surface area contributed by atoms with Gasteiger partial charge in [-0.1, -0.05) is 45.0 Å². The van der Waals surface area contributed by atoms with E-state index in [1.54, 1.807) is 193 Å². The van der Waals surface area contributed by atoms with Crippen LogP contribution in [0.1, 0.15) is 193 Å². The zero-order valence-electron chi connectivity index (χ0n) is 27.3. The summed E-state index contributed by atoms with van der Waals surface area (Å²) < 4.78 is 0. The maximum absolute atomic E-state index is 8.24. The average molecular weight is 667 g/mol. The predicted molar refractivity (Wildman–Crippen MR) is 186 cm³/mol. The van der Waals surface area contributed by atoms with Crippen LogP contribution in [-0.2, 0) is 21.3 Å². The zero-order valence-corrected chi connectivity index (χ0v) is 30.3. The van der Waals surface area contributed by atoms with E-state index in [2.05, 4.69) is 0 Å². The normalized spacial score (nSPS) is 26.4. The van der Waals surface area contributed by atoms with Gasteiger partial charge in [0, 0.05) is 32.3 Å². The van der Waals surface area contributed by atoms with E-state index < -0.39 is 0 Å². The molecule has 0 aromatic heterocycles. The van der Waals surface area contributed by atoms with Crippen molar-refractivity contribution in [1.29, 1.82) is 0 Å². The first kappa shape index (κ1) is 37.3. The van der Waals surface area contributed by atoms with Crippen molar-refractivity contribution in [2.24, 2.45) is 0 Å². The minimum Gasteiger partial charge on any atom is -0.665 e. The van der Waals surface area contributed by atoms with E-state index in [1.165, 1.54) is 34.0 Å². The molecule has 2 nitrogen and oxygen atoms in total. The van der Waals surface area contributed by atoms with Crippen LogP contribution in [0.3, 0.4) is 0 Å². The SMILES string of the molecule is C1CCC([PH+](C2CCCCC2)C2CCCCC2)CC1.C1CCC([PH+](C2CCCCC2)C2CCCCC2)CC1.O=[C-]O.[Ni]. The van der Waals surface area contributed by atoms with Gasteiger partial charge in [-0.2, -0.15) is 0 Å². The Morgan fingerprint density at radius 2 is 0.452 bits per heavy atom. The summed E-state index contributed by atoms with van der Waals surface area (Å²) in [5.74, 6) is 0. The van der Waals surface area contributed by atoms with E-state index in [0.717, 1.165) is 0 Å². The predicted octanol–water partition coefficient (Wildman–Crippen LogP) is 12.0. The van der Waals surface area contributed by atoms with Gasteiger partial charge in [-0.25, -0.2) is 0 Å². The molecule has 6 fully saturated rings. The molecule has 1 N–H and O–H groups in total. The Balaban J connectivity index is 0.000000207. The van der Waals surface area contributed by atoms with Gasteiger partial charge >= 0.3 is 0 Å². The van der Waals surface area contributed by atoms with Crippen LogP contribution in [0, 0.1) is 0 Å². The van der Waals surface area contributed by atoms with E-state index >= 15 is 0 Å². The molecule has 5 heteroatoms. The summed E-state index contributed by atoms with van der Waals surface area (Å²) in [5, 5.41) is 6.76. The summed E-state index contributed by atoms with van der Waals surface area (Å²) >= 11 is 0. The molecule has 0 saturated heterocycles. The fourth-order valence-corrected chi connectivity index (χ4v) is 21.1. The van der Waals surface area contributed by atoms with Gasteiger partial charge in [-0.05, 0) is 154 Å². The molecule has 0 spiro atoms. The van der Waals surface area contributed by atoms with Crippen molar-refractivity contribution in [3.8, 4) is 0 Å². The van der Waals surface area contributed by atoms with Crippen LogP contribution in [-0.4, -0.2) is 45.5 Å². The van der Waals surface area contributed by atoms with Crippen molar-refractivity contribution in [3.05, 3.63) is 0 Å². The van der Waals surface area contributed by atoms with Gasteiger partial charge in [0.1, 0.15) is 0 Å². The molecule has 0 aromatic carbocycles. The summed E-state index contributed by atoms with van der Waals surface area (Å²) in [6.07, 6.45) is 47.6. The molecule has 0 aliphatic heterocycles. The largest absolute Gasteiger partial charge is 0.665 e. The van der Waals surface area contributed by atoms with Crippen molar-refractivity contribution >= 4 is 22.3 Å². The Kier molecular flexibility index (Phi) is 19.9. The second-order valence-electron chi connectivity index (χ2n) is 15.1. The third-order valence-electron chi connectivity index (χ3n) is 12.5. The van der Waals surface area contributed by atoms with Gasteiger partial charge in [0.05, 0.1) is 34.0 Å². The van der Waals surface area contributed by atoms with Crippen molar-refractivity contribution in [3.63, 3.8) is 0 Å². The Hall–Kier alpha value is 0.824. The fraction of sp³-hybridized carbons (Fsp3) is 0.973. The average Bonchev–Trinajstić information content (AvgIpc) is 3.05. The molecule has 6 rings (SSSR count). The van der Waals surface area contributed by atoms with Gasteiger partial charge < -0.3 is 9.90 Å². The summed E-state index contributed by atoms with van der Waals surface area (Å²) in [7, 11) is -0.0930. The monoisotopic (exact) mass is 665 g/mol. The van der Waals surface area contributed by atoms with E-state index in [9.17, 15) is 0 Å². The molecule has 0 bridgehead atoms. The van der Waals surface area contributed by atoms with E-state index in [-0.39, 0.29) is 32.3 Å². The van der Waals surface area contributed by atoms with Gasteiger partial charge in [0.2, 0.25) is 0 Å². The molecule has 6 aliphatic carbocycles. The summed E-state index contributed by atoms with van der Waals surface area (Å²) in [5.41, 5.74) is 7.36. The first-order valence-electron chi connectivity index (χ1n) is 19.1. The number of aliphatic hydroxyl groups excluding tert-OH is 1. The smallest absolute Gasteiger partial charge is 0.0680 e. The Bertz CT molecular complexity index is 517. The molecule has 42 heavy (non-hydrogen) atoms. The summed E-state index contributed by atoms with van der Waals surface area (Å²) in [6.45, 7) is 0.500. The molecule has 0 radical (unpaired) electrons. The van der Waals surface area contributed by atoms with Crippen LogP contribution in [0.5, 0.6) is 0 Å². The van der Waals surface area contributed by atoms with Crippen LogP contribution >= 0.6 is 15.8 Å². The molecular formula is C37H69NiO2P2+. The fourth-order valence-electron chi connectivity index (χ4n) is 10.6. The Morgan fingerprint density at radius 1 is 0.333 bits per heavy atom. The van der Waals surface area contributed by atoms with Crippen molar-refractivity contribution in [2.75, 3.05) is 0 Å². The summed E-state index contributed by atoms with van der Waals surface area (Å²) in [6, 6.07) is 0. The first-order valence-corrected chi connectivity index (χ1v) is 22.5. The van der Waals surface area contributed by atoms with E-state index in [0.29, 0.717) is 6.47 Å². The number of rotatable bonds is 6. The molecule has 0 amide bonds. The molecule has 248 valence electrons. The number of hydrogen-bond acceptors (Lipinski definition) is 1. The Labute approximate surface area is 274 Å². The van der Waals surface area contributed by atoms with Crippen molar-refractivity contribution in [1.82, 2.24) is 0 Å². The van der Waals surface area contributed by atoms with Crippen molar-refractivity contribution in [2.45, 2.75) is 227 Å². The van der Waals surface area contributed by atoms with Crippen LogP contribution in [0.4, 0.5) is 0 Å². The first-order chi connectivity index (χ1) is 20.3. The molecule has 6 aliphatic rings. The standard InChI is InChI=1S/2C18H33P.CHO2.Ni/c2*1-4-10-16(11-5-1)19(17-12-6-2-7-13-17)18-14-8-3-9-15-18;2-1-3;/h2*16-18H,1-15H2;(H,2,3);/q;;-1;/p+2. The van der Waals surface area contributed by atoms with Crippen LogP contribution < -0.4 is 0 Å². The second-order valence-corrected chi connectivity index (χ2v) is 22.0. The third-order valence-corrected chi connectivity index (χ3v) is 21.6. The van der Waals surface area contributed by atoms with Crippen LogP contribution in [0.2, 0.25) is 0 Å². The molecule has 6 saturated carbocycles. The molecule has 0 atom stereocenters. The van der Waals surface area contributed by atoms with Gasteiger partial charge in [0.25, 0.3) is 0 Å². The van der Waals surface area contributed by atoms with Crippen molar-refractivity contribution < 1.29 is 26.4 Å².